The summed E-state index contributed by atoms with van der Waals surface area (Å²) < 4.78 is 42.1. The zero-order valence-corrected chi connectivity index (χ0v) is 10.3. The average Bonchev–Trinajstić information content (AvgIpc) is 2.79. The van der Waals surface area contributed by atoms with Crippen molar-refractivity contribution in [3.8, 4) is 0 Å². The molecule has 0 saturated carbocycles. The normalized spacial score (nSPS) is 19.3. The number of hydrogen-bond acceptors (Lipinski definition) is 5. The Kier molecular flexibility index (Phi) is 3.60. The second-order valence-corrected chi connectivity index (χ2v) is 4.19. The zero-order valence-electron chi connectivity index (χ0n) is 10.3. The highest BCUT2D eigenvalue weighted by molar-refractivity contribution is 5.98. The molecular weight excluding hydrogens is 279 g/mol. The van der Waals surface area contributed by atoms with Crippen LogP contribution < -0.4 is 4.90 Å². The van der Waals surface area contributed by atoms with Crippen LogP contribution in [0.25, 0.3) is 0 Å². The lowest BCUT2D eigenvalue weighted by atomic mass is 10.1. The summed E-state index contributed by atoms with van der Waals surface area (Å²) in [6.07, 6.45) is -4.00. The van der Waals surface area contributed by atoms with E-state index in [1.54, 1.807) is 0 Å². The van der Waals surface area contributed by atoms with Gasteiger partial charge in [0.25, 0.3) is 0 Å². The molecule has 0 aromatic carbocycles. The van der Waals surface area contributed by atoms with Gasteiger partial charge >= 0.3 is 12.1 Å². The number of carbonyl (C=O) groups excluding carboxylic acids is 2. The Hall–Kier alpha value is -2.19. The van der Waals surface area contributed by atoms with Crippen LogP contribution >= 0.6 is 0 Å². The first kappa shape index (κ1) is 14.2. The Morgan fingerprint density at radius 2 is 2.15 bits per heavy atom. The van der Waals surface area contributed by atoms with Crippen LogP contribution in [0, 0.1) is 5.92 Å². The van der Waals surface area contributed by atoms with E-state index in [1.165, 1.54) is 7.11 Å². The van der Waals surface area contributed by atoms with Crippen LogP contribution in [0.3, 0.4) is 0 Å². The number of esters is 1. The van der Waals surface area contributed by atoms with Crippen molar-refractivity contribution in [2.24, 2.45) is 5.92 Å². The van der Waals surface area contributed by atoms with Crippen molar-refractivity contribution >= 4 is 17.7 Å². The van der Waals surface area contributed by atoms with Crippen molar-refractivity contribution < 1.29 is 27.5 Å². The number of hydrogen-bond donors (Lipinski definition) is 0. The fourth-order valence-corrected chi connectivity index (χ4v) is 1.90. The van der Waals surface area contributed by atoms with Gasteiger partial charge < -0.3 is 4.74 Å². The average molecular weight is 289 g/mol. The summed E-state index contributed by atoms with van der Waals surface area (Å²) in [5.41, 5.74) is -1.14. The van der Waals surface area contributed by atoms with Gasteiger partial charge in [0.05, 0.1) is 13.0 Å². The van der Waals surface area contributed by atoms with E-state index in [0.29, 0.717) is 6.07 Å². The Morgan fingerprint density at radius 3 is 2.75 bits per heavy atom. The molecule has 0 spiro atoms. The highest BCUT2D eigenvalue weighted by atomic mass is 19.4. The SMILES string of the molecule is COC(=O)C1CC(=O)N(c2cc(C(F)(F)F)ncn2)C1. The number of amides is 1. The number of anilines is 1. The number of ether oxygens (including phenoxy) is 1. The molecule has 20 heavy (non-hydrogen) atoms. The van der Waals surface area contributed by atoms with E-state index in [0.717, 1.165) is 11.2 Å². The van der Waals surface area contributed by atoms with Crippen molar-refractivity contribution in [1.29, 1.82) is 0 Å². The van der Waals surface area contributed by atoms with Gasteiger partial charge in [-0.25, -0.2) is 9.97 Å². The first-order valence-electron chi connectivity index (χ1n) is 5.60. The molecule has 1 aromatic heterocycles. The van der Waals surface area contributed by atoms with E-state index in [-0.39, 0.29) is 18.8 Å². The quantitative estimate of drug-likeness (QED) is 0.760. The van der Waals surface area contributed by atoms with Gasteiger partial charge in [-0.3, -0.25) is 14.5 Å². The Balaban J connectivity index is 2.24. The number of aromatic nitrogens is 2. The lowest BCUT2D eigenvalue weighted by Gasteiger charge is -2.16. The van der Waals surface area contributed by atoms with E-state index < -0.39 is 29.7 Å². The summed E-state index contributed by atoms with van der Waals surface area (Å²) >= 11 is 0. The molecule has 2 rings (SSSR count). The summed E-state index contributed by atoms with van der Waals surface area (Å²) in [6.45, 7) is -0.0557. The molecule has 1 aliphatic rings. The van der Waals surface area contributed by atoms with Gasteiger partial charge in [0, 0.05) is 19.0 Å². The molecule has 0 bridgehead atoms. The van der Waals surface area contributed by atoms with E-state index in [2.05, 4.69) is 14.7 Å². The second-order valence-electron chi connectivity index (χ2n) is 4.19. The summed E-state index contributed by atoms with van der Waals surface area (Å²) in [7, 11) is 1.18. The third kappa shape index (κ3) is 2.70. The van der Waals surface area contributed by atoms with E-state index >= 15 is 0 Å². The van der Waals surface area contributed by atoms with Gasteiger partial charge in [0.1, 0.15) is 17.8 Å². The van der Waals surface area contributed by atoms with Crippen LogP contribution in [-0.2, 0) is 20.5 Å². The number of rotatable bonds is 2. The van der Waals surface area contributed by atoms with Crippen molar-refractivity contribution in [1.82, 2.24) is 9.97 Å². The predicted molar refractivity (Wildman–Crippen MR) is 59.5 cm³/mol. The molecule has 0 radical (unpaired) electrons. The first-order valence-corrected chi connectivity index (χ1v) is 5.60. The van der Waals surface area contributed by atoms with Crippen molar-refractivity contribution in [3.05, 3.63) is 18.1 Å². The molecule has 1 atom stereocenters. The summed E-state index contributed by atoms with van der Waals surface area (Å²) in [4.78, 5) is 30.9. The van der Waals surface area contributed by atoms with Gasteiger partial charge in [-0.05, 0) is 0 Å². The van der Waals surface area contributed by atoms with Crippen molar-refractivity contribution in [3.63, 3.8) is 0 Å². The zero-order chi connectivity index (χ0) is 14.9. The molecule has 1 amide bonds. The molecule has 1 fully saturated rings. The lowest BCUT2D eigenvalue weighted by molar-refractivity contribution is -0.145. The topological polar surface area (TPSA) is 72.4 Å². The Bertz CT molecular complexity index is 547. The highest BCUT2D eigenvalue weighted by Crippen LogP contribution is 2.30. The van der Waals surface area contributed by atoms with E-state index in [9.17, 15) is 22.8 Å². The number of halogens is 3. The smallest absolute Gasteiger partial charge is 0.433 e. The van der Waals surface area contributed by atoms with Gasteiger partial charge in [-0.15, -0.1) is 0 Å². The number of alkyl halides is 3. The molecule has 0 aliphatic carbocycles. The Morgan fingerprint density at radius 1 is 1.45 bits per heavy atom. The van der Waals surface area contributed by atoms with Crippen molar-refractivity contribution in [2.75, 3.05) is 18.6 Å². The second kappa shape index (κ2) is 5.06. The predicted octanol–water partition coefficient (Wildman–Crippen LogP) is 1.02. The monoisotopic (exact) mass is 289 g/mol. The van der Waals surface area contributed by atoms with Gasteiger partial charge in [-0.1, -0.05) is 0 Å². The molecule has 1 saturated heterocycles. The maximum atomic E-state index is 12.5. The molecule has 2 heterocycles. The van der Waals surface area contributed by atoms with E-state index in [1.807, 2.05) is 0 Å². The van der Waals surface area contributed by atoms with E-state index in [4.69, 9.17) is 0 Å². The van der Waals surface area contributed by atoms with Crippen LogP contribution in [0.4, 0.5) is 19.0 Å². The summed E-state index contributed by atoms with van der Waals surface area (Å²) in [6, 6.07) is 0.678. The molecular formula is C11H10F3N3O3. The molecule has 1 aromatic rings. The third-order valence-corrected chi connectivity index (χ3v) is 2.88. The van der Waals surface area contributed by atoms with Gasteiger partial charge in [0.2, 0.25) is 5.91 Å². The lowest BCUT2D eigenvalue weighted by Crippen LogP contribution is -2.27. The summed E-state index contributed by atoms with van der Waals surface area (Å²) in [5.74, 6) is -1.93. The first-order chi connectivity index (χ1) is 9.32. The molecule has 108 valence electrons. The Labute approximate surface area is 111 Å². The molecule has 6 nitrogen and oxygen atoms in total. The van der Waals surface area contributed by atoms with Crippen LogP contribution in [0.2, 0.25) is 0 Å². The van der Waals surface area contributed by atoms with Crippen LogP contribution in [-0.4, -0.2) is 35.5 Å². The standard InChI is InChI=1S/C11H10F3N3O3/c1-20-10(19)6-2-9(18)17(4-6)8-3-7(11(12,13)14)15-5-16-8/h3,5-6H,2,4H2,1H3. The number of methoxy groups -OCH3 is 1. The van der Waals surface area contributed by atoms with Gasteiger partial charge in [0.15, 0.2) is 0 Å². The molecule has 0 N–H and O–H groups in total. The molecule has 9 heteroatoms. The molecule has 1 aliphatic heterocycles. The van der Waals surface area contributed by atoms with Gasteiger partial charge in [-0.2, -0.15) is 13.2 Å². The minimum absolute atomic E-state index is 0.0557. The minimum Gasteiger partial charge on any atom is -0.469 e. The number of nitrogens with zero attached hydrogens (tertiary/aromatic N) is 3. The maximum Gasteiger partial charge on any atom is 0.433 e. The van der Waals surface area contributed by atoms with Crippen LogP contribution in [0.5, 0.6) is 0 Å². The number of carbonyl (C=O) groups is 2. The third-order valence-electron chi connectivity index (χ3n) is 2.88. The molecule has 1 unspecified atom stereocenters. The summed E-state index contributed by atoms with van der Waals surface area (Å²) in [5, 5.41) is 0. The highest BCUT2D eigenvalue weighted by Gasteiger charge is 2.38. The maximum absolute atomic E-state index is 12.5. The largest absolute Gasteiger partial charge is 0.469 e. The minimum atomic E-state index is -4.62. The van der Waals surface area contributed by atoms with Crippen LogP contribution in [0.15, 0.2) is 12.4 Å². The fourth-order valence-electron chi connectivity index (χ4n) is 1.90. The van der Waals surface area contributed by atoms with Crippen molar-refractivity contribution in [2.45, 2.75) is 12.6 Å². The van der Waals surface area contributed by atoms with Crippen LogP contribution in [0.1, 0.15) is 12.1 Å². The fraction of sp³-hybridized carbons (Fsp3) is 0.455.